The summed E-state index contributed by atoms with van der Waals surface area (Å²) in [6.07, 6.45) is 5.39. The van der Waals surface area contributed by atoms with Gasteiger partial charge in [-0.1, -0.05) is 44.7 Å². The van der Waals surface area contributed by atoms with Crippen LogP contribution in [-0.4, -0.2) is 6.61 Å². The molecule has 1 aliphatic carbocycles. The number of ether oxygens (including phenoxy) is 1. The van der Waals surface area contributed by atoms with E-state index in [9.17, 15) is 0 Å². The molecule has 0 heterocycles. The minimum Gasteiger partial charge on any atom is -0.494 e. The van der Waals surface area contributed by atoms with Gasteiger partial charge in [0.1, 0.15) is 5.75 Å². The molecule has 1 fully saturated rings. The highest BCUT2D eigenvalue weighted by molar-refractivity contribution is 9.10. The van der Waals surface area contributed by atoms with Gasteiger partial charge < -0.3 is 4.74 Å². The minimum atomic E-state index is 0.420. The normalized spacial score (nSPS) is 18.3. The zero-order valence-electron chi connectivity index (χ0n) is 10.1. The maximum atomic E-state index is 5.72. The van der Waals surface area contributed by atoms with E-state index in [4.69, 9.17) is 4.74 Å². The highest BCUT2D eigenvalue weighted by Gasteiger charge is 2.26. The Balaban J connectivity index is 2.24. The second kappa shape index (κ2) is 6.24. The molecule has 0 aromatic heterocycles. The van der Waals surface area contributed by atoms with Gasteiger partial charge in [-0.05, 0) is 43.9 Å². The molecule has 1 aliphatic rings. The van der Waals surface area contributed by atoms with Crippen molar-refractivity contribution in [3.05, 3.63) is 28.2 Å². The first-order valence-corrected chi connectivity index (χ1v) is 7.99. The van der Waals surface area contributed by atoms with Crippen LogP contribution in [0.3, 0.4) is 0 Å². The van der Waals surface area contributed by atoms with Crippen molar-refractivity contribution in [2.24, 2.45) is 5.92 Å². The molecule has 3 heteroatoms. The van der Waals surface area contributed by atoms with E-state index in [2.05, 4.69) is 44.0 Å². The molecular formula is C14H18Br2O. The molecule has 94 valence electrons. The number of benzene rings is 1. The van der Waals surface area contributed by atoms with Gasteiger partial charge in [0.2, 0.25) is 0 Å². The van der Waals surface area contributed by atoms with Crippen LogP contribution in [0.2, 0.25) is 0 Å². The summed E-state index contributed by atoms with van der Waals surface area (Å²) < 4.78 is 6.85. The first-order valence-electron chi connectivity index (χ1n) is 6.28. The molecule has 0 aliphatic heterocycles. The third-order valence-corrected chi connectivity index (χ3v) is 5.12. The Kier molecular flexibility index (Phi) is 4.92. The van der Waals surface area contributed by atoms with E-state index >= 15 is 0 Å². The molecule has 1 saturated carbocycles. The van der Waals surface area contributed by atoms with Gasteiger partial charge >= 0.3 is 0 Å². The summed E-state index contributed by atoms with van der Waals surface area (Å²) in [6.45, 7) is 2.75. The Bertz CT molecular complexity index is 372. The lowest BCUT2D eigenvalue weighted by Gasteiger charge is -2.20. The molecule has 0 radical (unpaired) electrons. The van der Waals surface area contributed by atoms with E-state index in [1.165, 1.54) is 31.2 Å². The zero-order chi connectivity index (χ0) is 12.3. The van der Waals surface area contributed by atoms with Crippen LogP contribution >= 0.6 is 31.9 Å². The quantitative estimate of drug-likeness (QED) is 0.645. The van der Waals surface area contributed by atoms with Crippen LogP contribution < -0.4 is 4.74 Å². The molecule has 0 bridgehead atoms. The van der Waals surface area contributed by atoms with E-state index in [0.29, 0.717) is 4.83 Å². The largest absolute Gasteiger partial charge is 0.494 e. The first-order chi connectivity index (χ1) is 8.22. The van der Waals surface area contributed by atoms with Crippen molar-refractivity contribution in [2.45, 2.75) is 37.4 Å². The first kappa shape index (κ1) is 13.4. The SMILES string of the molecule is CCOc1ccc(Br)cc1C(Br)C1CCCC1. The van der Waals surface area contributed by atoms with Crippen LogP contribution in [0.4, 0.5) is 0 Å². The minimum absolute atomic E-state index is 0.420. The summed E-state index contributed by atoms with van der Waals surface area (Å²) in [4.78, 5) is 0.420. The topological polar surface area (TPSA) is 9.23 Å². The summed E-state index contributed by atoms with van der Waals surface area (Å²) in [7, 11) is 0. The number of halogens is 2. The molecule has 1 nitrogen and oxygen atoms in total. The second-order valence-electron chi connectivity index (χ2n) is 4.56. The van der Waals surface area contributed by atoms with Gasteiger partial charge in [-0.2, -0.15) is 0 Å². The molecule has 1 atom stereocenters. The number of hydrogen-bond donors (Lipinski definition) is 0. The summed E-state index contributed by atoms with van der Waals surface area (Å²) >= 11 is 7.41. The van der Waals surface area contributed by atoms with Gasteiger partial charge in [0, 0.05) is 14.9 Å². The Labute approximate surface area is 120 Å². The van der Waals surface area contributed by atoms with Crippen molar-refractivity contribution in [3.8, 4) is 5.75 Å². The molecule has 17 heavy (non-hydrogen) atoms. The van der Waals surface area contributed by atoms with Gasteiger partial charge in [-0.25, -0.2) is 0 Å². The number of rotatable bonds is 4. The molecule has 0 spiro atoms. The van der Waals surface area contributed by atoms with Crippen LogP contribution in [-0.2, 0) is 0 Å². The molecular weight excluding hydrogens is 344 g/mol. The van der Waals surface area contributed by atoms with Gasteiger partial charge in [-0.3, -0.25) is 0 Å². The van der Waals surface area contributed by atoms with E-state index < -0.39 is 0 Å². The van der Waals surface area contributed by atoms with Gasteiger partial charge in [0.25, 0.3) is 0 Å². The van der Waals surface area contributed by atoms with Crippen molar-refractivity contribution in [3.63, 3.8) is 0 Å². The summed E-state index contributed by atoms with van der Waals surface area (Å²) in [6, 6.07) is 6.29. The maximum Gasteiger partial charge on any atom is 0.123 e. The van der Waals surface area contributed by atoms with Crippen LogP contribution in [0.5, 0.6) is 5.75 Å². The van der Waals surface area contributed by atoms with Gasteiger partial charge in [-0.15, -0.1) is 0 Å². The van der Waals surface area contributed by atoms with E-state index in [-0.39, 0.29) is 0 Å². The van der Waals surface area contributed by atoms with Crippen LogP contribution in [0, 0.1) is 5.92 Å². The zero-order valence-corrected chi connectivity index (χ0v) is 13.3. The van der Waals surface area contributed by atoms with Crippen molar-refractivity contribution in [2.75, 3.05) is 6.61 Å². The van der Waals surface area contributed by atoms with E-state index in [1.54, 1.807) is 0 Å². The fourth-order valence-corrected chi connectivity index (χ4v) is 3.79. The number of alkyl halides is 1. The van der Waals surface area contributed by atoms with E-state index in [0.717, 1.165) is 22.7 Å². The molecule has 1 aromatic rings. The summed E-state index contributed by atoms with van der Waals surface area (Å²) in [5, 5.41) is 0. The third-order valence-electron chi connectivity index (χ3n) is 3.38. The average molecular weight is 362 g/mol. The maximum absolute atomic E-state index is 5.72. The van der Waals surface area contributed by atoms with Crippen LogP contribution in [0.15, 0.2) is 22.7 Å². The molecule has 0 saturated heterocycles. The smallest absolute Gasteiger partial charge is 0.123 e. The fourth-order valence-electron chi connectivity index (χ4n) is 2.53. The highest BCUT2D eigenvalue weighted by atomic mass is 79.9. The Hall–Kier alpha value is -0.0200. The Morgan fingerprint density at radius 1 is 1.35 bits per heavy atom. The standard InChI is InChI=1S/C14H18Br2O/c1-2-17-13-8-7-11(15)9-12(13)14(16)10-5-3-4-6-10/h7-10,14H,2-6H2,1H3. The van der Waals surface area contributed by atoms with Crippen LogP contribution in [0.1, 0.15) is 43.0 Å². The van der Waals surface area contributed by atoms with Gasteiger partial charge in [0.05, 0.1) is 6.61 Å². The summed E-state index contributed by atoms with van der Waals surface area (Å²) in [5.74, 6) is 1.77. The highest BCUT2D eigenvalue weighted by Crippen LogP contribution is 2.44. The van der Waals surface area contributed by atoms with E-state index in [1.807, 2.05) is 13.0 Å². The van der Waals surface area contributed by atoms with Crippen molar-refractivity contribution in [1.82, 2.24) is 0 Å². The number of hydrogen-bond acceptors (Lipinski definition) is 1. The molecule has 2 rings (SSSR count). The molecule has 1 unspecified atom stereocenters. The van der Waals surface area contributed by atoms with Crippen LogP contribution in [0.25, 0.3) is 0 Å². The molecule has 0 N–H and O–H groups in total. The van der Waals surface area contributed by atoms with Crippen molar-refractivity contribution in [1.29, 1.82) is 0 Å². The summed E-state index contributed by atoms with van der Waals surface area (Å²) in [5.41, 5.74) is 1.29. The second-order valence-corrected chi connectivity index (χ2v) is 6.46. The monoisotopic (exact) mass is 360 g/mol. The Morgan fingerprint density at radius 3 is 2.71 bits per heavy atom. The lowest BCUT2D eigenvalue weighted by Crippen LogP contribution is -2.06. The third kappa shape index (κ3) is 3.25. The Morgan fingerprint density at radius 2 is 2.06 bits per heavy atom. The molecule has 1 aromatic carbocycles. The predicted octanol–water partition coefficient (Wildman–Crippen LogP) is 5.47. The predicted molar refractivity (Wildman–Crippen MR) is 78.9 cm³/mol. The van der Waals surface area contributed by atoms with Crippen molar-refractivity contribution < 1.29 is 4.74 Å². The van der Waals surface area contributed by atoms with Gasteiger partial charge in [0.15, 0.2) is 0 Å². The fraction of sp³-hybridized carbons (Fsp3) is 0.571. The van der Waals surface area contributed by atoms with Crippen molar-refractivity contribution >= 4 is 31.9 Å². The molecule has 0 amide bonds. The lowest BCUT2D eigenvalue weighted by atomic mass is 9.97. The average Bonchev–Trinajstić information content (AvgIpc) is 2.84. The lowest BCUT2D eigenvalue weighted by molar-refractivity contribution is 0.334.